The Morgan fingerprint density at radius 1 is 0.957 bits per heavy atom. The molecular weight excluding hydrogens is 618 g/mol. The Labute approximate surface area is 269 Å². The standard InChI is InChI=1S/C33H39NO13/c1-12-27(37)17(34)8-21(44-12)47-32-13(2)45-22(9-18(32)36)46-20-11-33(42,14(3)35)10-16-24(20)31(41)26-25(29(16)39)28(38)15-6-5-7-19(43-4)23(15)30(26)40/h5-7,12-13,17-18,20-22,27,32,36-37,39,41-42H,8-11,34H2,1-4H3/t12-,13-,17-,18-,20-,21-,22-,27+,32-,33-/m0/s1. The van der Waals surface area contributed by atoms with Gasteiger partial charge in [-0.1, -0.05) is 12.1 Å². The van der Waals surface area contributed by atoms with E-state index in [-0.39, 0.29) is 47.3 Å². The van der Waals surface area contributed by atoms with Crippen LogP contribution in [0.2, 0.25) is 0 Å². The summed E-state index contributed by atoms with van der Waals surface area (Å²) in [6, 6.07) is 3.82. The third-order valence-electron chi connectivity index (χ3n) is 9.75. The van der Waals surface area contributed by atoms with Gasteiger partial charge in [-0.25, -0.2) is 0 Å². The molecule has 2 aliphatic heterocycles. The third kappa shape index (κ3) is 5.52. The van der Waals surface area contributed by atoms with Crippen LogP contribution in [0.4, 0.5) is 0 Å². The summed E-state index contributed by atoms with van der Waals surface area (Å²) in [4.78, 5) is 40.2. The van der Waals surface area contributed by atoms with Gasteiger partial charge in [-0.15, -0.1) is 0 Å². The highest BCUT2D eigenvalue weighted by molar-refractivity contribution is 6.31. The van der Waals surface area contributed by atoms with Gasteiger partial charge >= 0.3 is 0 Å². The van der Waals surface area contributed by atoms with E-state index in [1.807, 2.05) is 0 Å². The Morgan fingerprint density at radius 3 is 2.26 bits per heavy atom. The number of hydrogen-bond acceptors (Lipinski definition) is 14. The van der Waals surface area contributed by atoms with Crippen molar-refractivity contribution in [2.75, 3.05) is 7.11 Å². The second-order valence-corrected chi connectivity index (χ2v) is 12.8. The first-order valence-corrected chi connectivity index (χ1v) is 15.5. The summed E-state index contributed by atoms with van der Waals surface area (Å²) in [6.07, 6.45) is -8.33. The van der Waals surface area contributed by atoms with Crippen LogP contribution in [-0.2, 0) is 30.2 Å². The summed E-state index contributed by atoms with van der Waals surface area (Å²) in [7, 11) is 1.33. The van der Waals surface area contributed by atoms with Gasteiger partial charge < -0.3 is 55.0 Å². The Kier molecular flexibility index (Phi) is 8.68. The molecule has 0 aromatic heterocycles. The molecule has 0 radical (unpaired) electrons. The Bertz CT molecular complexity index is 1600. The summed E-state index contributed by atoms with van der Waals surface area (Å²) in [5.41, 5.74) is 2.69. The summed E-state index contributed by atoms with van der Waals surface area (Å²) >= 11 is 0. The van der Waals surface area contributed by atoms with Gasteiger partial charge in [0.25, 0.3) is 0 Å². The predicted octanol–water partition coefficient (Wildman–Crippen LogP) is 0.910. The average molecular weight is 658 g/mol. The molecule has 254 valence electrons. The number of hydrogen-bond donors (Lipinski definition) is 6. The van der Waals surface area contributed by atoms with Gasteiger partial charge in [-0.3, -0.25) is 14.4 Å². The number of ether oxygens (including phenoxy) is 5. The number of phenols is 2. The van der Waals surface area contributed by atoms with Crippen LogP contribution < -0.4 is 10.5 Å². The number of ketones is 3. The van der Waals surface area contributed by atoms with E-state index < -0.39 is 107 Å². The zero-order chi connectivity index (χ0) is 34.1. The van der Waals surface area contributed by atoms with Gasteiger partial charge in [-0.2, -0.15) is 0 Å². The van der Waals surface area contributed by atoms with E-state index in [4.69, 9.17) is 29.4 Å². The van der Waals surface area contributed by atoms with E-state index in [1.54, 1.807) is 13.8 Å². The number of Topliss-reactive ketones (excluding diaryl/α,β-unsaturated/α-hetero) is 1. The van der Waals surface area contributed by atoms with Crippen LogP contribution in [0.5, 0.6) is 17.2 Å². The summed E-state index contributed by atoms with van der Waals surface area (Å²) in [6.45, 7) is 4.47. The number of fused-ring (bicyclic) bond motifs is 3. The molecule has 0 bridgehead atoms. The number of phenolic OH excluding ortho intramolecular Hbond substituents is 2. The van der Waals surface area contributed by atoms with Gasteiger partial charge in [0.2, 0.25) is 5.78 Å². The summed E-state index contributed by atoms with van der Waals surface area (Å²) < 4.78 is 29.2. The number of aromatic hydroxyl groups is 2. The van der Waals surface area contributed by atoms with Crippen molar-refractivity contribution in [2.24, 2.45) is 5.73 Å². The lowest BCUT2D eigenvalue weighted by Gasteiger charge is -2.44. The molecule has 0 unspecified atom stereocenters. The molecule has 47 heavy (non-hydrogen) atoms. The van der Waals surface area contributed by atoms with Gasteiger partial charge in [0.05, 0.1) is 54.3 Å². The first-order chi connectivity index (χ1) is 22.2. The minimum atomic E-state index is -2.07. The molecule has 2 aliphatic carbocycles. The van der Waals surface area contributed by atoms with Crippen molar-refractivity contribution in [3.05, 3.63) is 51.6 Å². The van der Waals surface area contributed by atoms with E-state index in [1.165, 1.54) is 32.2 Å². The molecule has 2 aromatic rings. The maximum atomic E-state index is 13.8. The molecule has 10 atom stereocenters. The SMILES string of the molecule is COc1cccc2c1C(=O)c1c(O)c3c(c(O)c1C2=O)C[C@@](O)(C(C)=O)C[C@@H]3O[C@H]1C[C@H](O)[C@@H](O[C@H]2C[C@H](N)[C@H](O)[C@H](C)O2)[C@H](C)O1. The third-order valence-corrected chi connectivity index (χ3v) is 9.75. The van der Waals surface area contributed by atoms with Crippen LogP contribution in [0.15, 0.2) is 18.2 Å². The van der Waals surface area contributed by atoms with Crippen molar-refractivity contribution in [1.82, 2.24) is 0 Å². The van der Waals surface area contributed by atoms with Gasteiger partial charge in [0.1, 0.15) is 29.0 Å². The monoisotopic (exact) mass is 657 g/mol. The lowest BCUT2D eigenvalue weighted by molar-refractivity contribution is -0.311. The number of benzene rings is 2. The number of carbonyl (C=O) groups excluding carboxylic acids is 3. The van der Waals surface area contributed by atoms with Crippen molar-refractivity contribution >= 4 is 17.3 Å². The highest BCUT2D eigenvalue weighted by Crippen LogP contribution is 2.52. The van der Waals surface area contributed by atoms with Crippen molar-refractivity contribution in [3.63, 3.8) is 0 Å². The fourth-order valence-electron chi connectivity index (χ4n) is 7.14. The molecule has 7 N–H and O–H groups in total. The van der Waals surface area contributed by atoms with Crippen LogP contribution in [0.3, 0.4) is 0 Å². The van der Waals surface area contributed by atoms with Crippen molar-refractivity contribution < 1.29 is 63.6 Å². The van der Waals surface area contributed by atoms with Crippen molar-refractivity contribution in [1.29, 1.82) is 0 Å². The molecule has 2 aromatic carbocycles. The maximum Gasteiger partial charge on any atom is 0.202 e. The van der Waals surface area contributed by atoms with E-state index in [9.17, 15) is 39.9 Å². The summed E-state index contributed by atoms with van der Waals surface area (Å²) in [5.74, 6) is -3.37. The minimum Gasteiger partial charge on any atom is -0.507 e. The predicted molar refractivity (Wildman–Crippen MR) is 160 cm³/mol. The van der Waals surface area contributed by atoms with Crippen molar-refractivity contribution in [2.45, 2.75) is 107 Å². The second-order valence-electron chi connectivity index (χ2n) is 12.8. The smallest absolute Gasteiger partial charge is 0.202 e. The minimum absolute atomic E-state index is 0.0384. The number of aliphatic hydroxyl groups excluding tert-OH is 2. The quantitative estimate of drug-likeness (QED) is 0.203. The molecular formula is C33H39NO13. The molecule has 0 amide bonds. The highest BCUT2D eigenvalue weighted by Gasteiger charge is 2.50. The number of nitrogens with two attached hydrogens (primary N) is 1. The lowest BCUT2D eigenvalue weighted by atomic mass is 9.72. The average Bonchev–Trinajstić information content (AvgIpc) is 3.01. The number of aliphatic hydroxyl groups is 3. The lowest BCUT2D eigenvalue weighted by Crippen LogP contribution is -2.56. The number of carbonyl (C=O) groups is 3. The fourth-order valence-corrected chi connectivity index (χ4v) is 7.14. The first-order valence-electron chi connectivity index (χ1n) is 15.5. The normalized spacial score (nSPS) is 35.1. The first kappa shape index (κ1) is 33.4. The van der Waals surface area contributed by atoms with Gasteiger partial charge in [0.15, 0.2) is 24.1 Å². The fraction of sp³-hybridized carbons (Fsp3) is 0.545. The molecule has 2 saturated heterocycles. The molecule has 6 rings (SSSR count). The van der Waals surface area contributed by atoms with Crippen LogP contribution in [-0.4, -0.2) is 105 Å². The van der Waals surface area contributed by atoms with Crippen LogP contribution in [0.1, 0.15) is 89.1 Å². The highest BCUT2D eigenvalue weighted by atomic mass is 16.7. The Hall–Kier alpha value is -3.47. The molecule has 14 nitrogen and oxygen atoms in total. The number of rotatable bonds is 6. The van der Waals surface area contributed by atoms with Crippen molar-refractivity contribution in [3.8, 4) is 17.2 Å². The zero-order valence-electron chi connectivity index (χ0n) is 26.3. The molecule has 0 spiro atoms. The van der Waals surface area contributed by atoms with Crippen LogP contribution in [0.25, 0.3) is 0 Å². The summed E-state index contributed by atoms with van der Waals surface area (Å²) in [5, 5.41) is 55.7. The van der Waals surface area contributed by atoms with E-state index in [0.29, 0.717) is 0 Å². The maximum absolute atomic E-state index is 13.8. The topological polar surface area (TPSA) is 225 Å². The van der Waals surface area contributed by atoms with E-state index >= 15 is 0 Å². The molecule has 2 fully saturated rings. The van der Waals surface area contributed by atoms with E-state index in [0.717, 1.165) is 0 Å². The molecule has 2 heterocycles. The second kappa shape index (κ2) is 12.2. The van der Waals surface area contributed by atoms with E-state index in [2.05, 4.69) is 0 Å². The van der Waals surface area contributed by atoms with Crippen LogP contribution in [0, 0.1) is 0 Å². The van der Waals surface area contributed by atoms with Gasteiger partial charge in [-0.05, 0) is 26.8 Å². The number of methoxy groups -OCH3 is 1. The Morgan fingerprint density at radius 2 is 1.62 bits per heavy atom. The largest absolute Gasteiger partial charge is 0.507 e. The zero-order valence-corrected chi connectivity index (χ0v) is 26.3. The van der Waals surface area contributed by atoms with Gasteiger partial charge in [0, 0.05) is 48.4 Å². The van der Waals surface area contributed by atoms with Crippen LogP contribution >= 0.6 is 0 Å². The molecule has 14 heteroatoms. The Balaban J connectivity index is 1.33. The molecule has 0 saturated carbocycles. The molecule has 4 aliphatic rings.